The van der Waals surface area contributed by atoms with Crippen molar-refractivity contribution < 1.29 is 4.79 Å². The van der Waals surface area contributed by atoms with Gasteiger partial charge in [0.1, 0.15) is 0 Å². The van der Waals surface area contributed by atoms with Crippen molar-refractivity contribution in [2.24, 2.45) is 5.73 Å². The van der Waals surface area contributed by atoms with Gasteiger partial charge in [-0.15, -0.1) is 0 Å². The first-order valence-corrected chi connectivity index (χ1v) is 3.56. The summed E-state index contributed by atoms with van der Waals surface area (Å²) in [6.07, 6.45) is 2.92. The van der Waals surface area contributed by atoms with Crippen LogP contribution in [0.5, 0.6) is 0 Å². The number of hydrogen-bond donors (Lipinski definition) is 2. The van der Waals surface area contributed by atoms with Crippen LogP contribution in [-0.2, 0) is 4.79 Å². The van der Waals surface area contributed by atoms with Gasteiger partial charge in [-0.25, -0.2) is 9.97 Å². The largest absolute Gasteiger partial charge is 0.368 e. The predicted molar refractivity (Wildman–Crippen MR) is 44.7 cm³/mol. The first kappa shape index (κ1) is 8.73. The van der Waals surface area contributed by atoms with Gasteiger partial charge < -0.3 is 11.1 Å². The van der Waals surface area contributed by atoms with Crippen LogP contribution in [0, 0.1) is 0 Å². The van der Waals surface area contributed by atoms with Gasteiger partial charge in [0.2, 0.25) is 5.91 Å². The molecular formula is C6H7ClN4O. The number of anilines is 1. The number of nitrogens with one attached hydrogen (secondary N) is 1. The molecule has 0 atom stereocenters. The SMILES string of the molecule is NC(=O)CNc1nccnc1Cl. The summed E-state index contributed by atoms with van der Waals surface area (Å²) in [6.45, 7) is -0.00157. The number of aromatic nitrogens is 2. The number of nitrogens with two attached hydrogens (primary N) is 1. The second kappa shape index (κ2) is 3.87. The first-order chi connectivity index (χ1) is 5.70. The lowest BCUT2D eigenvalue weighted by molar-refractivity contribution is -0.116. The lowest BCUT2D eigenvalue weighted by Gasteiger charge is -2.02. The smallest absolute Gasteiger partial charge is 0.236 e. The zero-order valence-corrected chi connectivity index (χ0v) is 6.88. The Morgan fingerprint density at radius 2 is 2.25 bits per heavy atom. The minimum Gasteiger partial charge on any atom is -0.368 e. The molecule has 0 saturated carbocycles. The summed E-state index contributed by atoms with van der Waals surface area (Å²) in [7, 11) is 0. The molecule has 12 heavy (non-hydrogen) atoms. The van der Waals surface area contributed by atoms with E-state index in [9.17, 15) is 4.79 Å². The van der Waals surface area contributed by atoms with Crippen LogP contribution < -0.4 is 11.1 Å². The molecule has 5 nitrogen and oxygen atoms in total. The van der Waals surface area contributed by atoms with Crippen LogP contribution in [0.15, 0.2) is 12.4 Å². The van der Waals surface area contributed by atoms with Gasteiger partial charge in [-0.05, 0) is 0 Å². The third-order valence-corrected chi connectivity index (χ3v) is 1.36. The Labute approximate surface area is 74.0 Å². The Morgan fingerprint density at radius 3 is 2.83 bits per heavy atom. The maximum absolute atomic E-state index is 10.4. The third-order valence-electron chi connectivity index (χ3n) is 1.08. The Morgan fingerprint density at radius 1 is 1.58 bits per heavy atom. The monoisotopic (exact) mass is 186 g/mol. The molecule has 1 aromatic heterocycles. The first-order valence-electron chi connectivity index (χ1n) is 3.19. The number of halogens is 1. The van der Waals surface area contributed by atoms with Gasteiger partial charge in [0.25, 0.3) is 0 Å². The molecule has 0 fully saturated rings. The van der Waals surface area contributed by atoms with Crippen LogP contribution in [0.3, 0.4) is 0 Å². The minimum absolute atomic E-state index is 0.00157. The van der Waals surface area contributed by atoms with E-state index in [-0.39, 0.29) is 11.7 Å². The standard InChI is InChI=1S/C6H7ClN4O/c7-5-6(10-2-1-9-5)11-3-4(8)12/h1-2H,3H2,(H2,8,12)(H,10,11). The van der Waals surface area contributed by atoms with Crippen LogP contribution in [0.25, 0.3) is 0 Å². The van der Waals surface area contributed by atoms with E-state index in [2.05, 4.69) is 15.3 Å². The normalized spacial score (nSPS) is 9.42. The number of carbonyl (C=O) groups excluding carboxylic acids is 1. The number of primary amides is 1. The van der Waals surface area contributed by atoms with Crippen molar-refractivity contribution in [1.82, 2.24) is 9.97 Å². The molecule has 0 aliphatic rings. The van der Waals surface area contributed by atoms with Crippen molar-refractivity contribution in [1.29, 1.82) is 0 Å². The Kier molecular flexibility index (Phi) is 2.82. The van der Waals surface area contributed by atoms with Gasteiger partial charge in [-0.3, -0.25) is 4.79 Å². The minimum atomic E-state index is -0.475. The molecule has 0 bridgehead atoms. The molecule has 3 N–H and O–H groups in total. The number of rotatable bonds is 3. The average Bonchev–Trinajstić information content (AvgIpc) is 2.03. The molecule has 0 aliphatic heterocycles. The number of hydrogen-bond acceptors (Lipinski definition) is 4. The van der Waals surface area contributed by atoms with Crippen LogP contribution in [0.2, 0.25) is 5.15 Å². The number of nitrogens with zero attached hydrogens (tertiary/aromatic N) is 2. The van der Waals surface area contributed by atoms with Crippen molar-refractivity contribution in [3.63, 3.8) is 0 Å². The molecule has 1 heterocycles. The van der Waals surface area contributed by atoms with Gasteiger partial charge in [-0.2, -0.15) is 0 Å². The highest BCUT2D eigenvalue weighted by molar-refractivity contribution is 6.31. The topological polar surface area (TPSA) is 80.9 Å². The summed E-state index contributed by atoms with van der Waals surface area (Å²) in [6, 6.07) is 0. The highest BCUT2D eigenvalue weighted by Crippen LogP contribution is 2.12. The highest BCUT2D eigenvalue weighted by atomic mass is 35.5. The van der Waals surface area contributed by atoms with Crippen molar-refractivity contribution >= 4 is 23.3 Å². The fourth-order valence-electron chi connectivity index (χ4n) is 0.610. The predicted octanol–water partition coefficient (Wildman–Crippen LogP) is 0.0272. The van der Waals surface area contributed by atoms with Crippen molar-refractivity contribution in [3.8, 4) is 0 Å². The van der Waals surface area contributed by atoms with E-state index in [1.54, 1.807) is 0 Å². The average molecular weight is 187 g/mol. The lowest BCUT2D eigenvalue weighted by atomic mass is 10.5. The molecule has 64 valence electrons. The fourth-order valence-corrected chi connectivity index (χ4v) is 0.782. The van der Waals surface area contributed by atoms with Crippen LogP contribution in [0.1, 0.15) is 0 Å². The molecule has 0 aromatic carbocycles. The van der Waals surface area contributed by atoms with Crippen LogP contribution >= 0.6 is 11.6 Å². The van der Waals surface area contributed by atoms with Crippen LogP contribution in [0.4, 0.5) is 5.82 Å². The van der Waals surface area contributed by atoms with E-state index in [4.69, 9.17) is 17.3 Å². The van der Waals surface area contributed by atoms with E-state index in [1.807, 2.05) is 0 Å². The van der Waals surface area contributed by atoms with Crippen LogP contribution in [-0.4, -0.2) is 22.4 Å². The number of carbonyl (C=O) groups is 1. The zero-order chi connectivity index (χ0) is 8.97. The molecule has 0 saturated heterocycles. The summed E-state index contributed by atoms with van der Waals surface area (Å²) in [5.41, 5.74) is 4.90. The molecule has 1 rings (SSSR count). The molecule has 0 unspecified atom stereocenters. The summed E-state index contributed by atoms with van der Waals surface area (Å²) in [5.74, 6) is -0.116. The van der Waals surface area contributed by atoms with E-state index < -0.39 is 5.91 Å². The summed E-state index contributed by atoms with van der Waals surface area (Å²) in [5, 5.41) is 2.85. The van der Waals surface area contributed by atoms with Gasteiger partial charge in [0, 0.05) is 12.4 Å². The van der Waals surface area contributed by atoms with E-state index in [1.165, 1.54) is 12.4 Å². The van der Waals surface area contributed by atoms with Gasteiger partial charge in [0.15, 0.2) is 11.0 Å². The summed E-state index contributed by atoms with van der Waals surface area (Å²) >= 11 is 5.62. The second-order valence-electron chi connectivity index (χ2n) is 2.02. The zero-order valence-electron chi connectivity index (χ0n) is 6.12. The maximum atomic E-state index is 10.4. The van der Waals surface area contributed by atoms with Crippen molar-refractivity contribution in [2.45, 2.75) is 0 Å². The molecule has 0 radical (unpaired) electrons. The molecular weight excluding hydrogens is 180 g/mol. The van der Waals surface area contributed by atoms with Gasteiger partial charge in [0.05, 0.1) is 6.54 Å². The van der Waals surface area contributed by atoms with Gasteiger partial charge >= 0.3 is 0 Å². The quantitative estimate of drug-likeness (QED) is 0.698. The summed E-state index contributed by atoms with van der Waals surface area (Å²) < 4.78 is 0. The molecule has 0 spiro atoms. The highest BCUT2D eigenvalue weighted by Gasteiger charge is 2.01. The van der Waals surface area contributed by atoms with E-state index in [0.717, 1.165) is 0 Å². The Bertz CT molecular complexity index is 291. The second-order valence-corrected chi connectivity index (χ2v) is 2.37. The lowest BCUT2D eigenvalue weighted by Crippen LogP contribution is -2.22. The molecule has 1 aromatic rings. The van der Waals surface area contributed by atoms with E-state index in [0.29, 0.717) is 5.82 Å². The fraction of sp³-hybridized carbons (Fsp3) is 0.167. The number of amides is 1. The molecule has 6 heteroatoms. The van der Waals surface area contributed by atoms with Gasteiger partial charge in [-0.1, -0.05) is 11.6 Å². The molecule has 0 aliphatic carbocycles. The summed E-state index contributed by atoms with van der Waals surface area (Å²) in [4.78, 5) is 17.9. The van der Waals surface area contributed by atoms with E-state index >= 15 is 0 Å². The Balaban J connectivity index is 2.63. The Hall–Kier alpha value is -1.36. The van der Waals surface area contributed by atoms with Crippen molar-refractivity contribution in [2.75, 3.05) is 11.9 Å². The maximum Gasteiger partial charge on any atom is 0.236 e. The molecule has 1 amide bonds. The van der Waals surface area contributed by atoms with Crippen molar-refractivity contribution in [3.05, 3.63) is 17.5 Å². The third kappa shape index (κ3) is 2.35.